The van der Waals surface area contributed by atoms with Gasteiger partial charge in [-0.2, -0.15) is 0 Å². The van der Waals surface area contributed by atoms with Gasteiger partial charge in [0, 0.05) is 0 Å². The normalized spacial score (nSPS) is 41.1. The number of aliphatic hydroxyl groups excluding tert-OH is 3. The van der Waals surface area contributed by atoms with Crippen LogP contribution in [0.25, 0.3) is 0 Å². The lowest BCUT2D eigenvalue weighted by Gasteiger charge is -2.42. The summed E-state index contributed by atoms with van der Waals surface area (Å²) >= 11 is 0. The van der Waals surface area contributed by atoms with Crippen molar-refractivity contribution in [3.8, 4) is 0 Å². The molecule has 5 nitrogen and oxygen atoms in total. The van der Waals surface area contributed by atoms with Gasteiger partial charge in [0.15, 0.2) is 6.29 Å². The van der Waals surface area contributed by atoms with Crippen molar-refractivity contribution in [3.63, 3.8) is 0 Å². The number of ether oxygens (including phenoxy) is 2. The summed E-state index contributed by atoms with van der Waals surface area (Å²) in [4.78, 5) is 0. The highest BCUT2D eigenvalue weighted by Gasteiger charge is 2.44. The molecular weight excluding hydrogens is 212 g/mol. The Morgan fingerprint density at radius 2 is 1.62 bits per heavy atom. The molecule has 1 fully saturated rings. The largest absolute Gasteiger partial charge is 0.388 e. The molecule has 1 rings (SSSR count). The minimum Gasteiger partial charge on any atom is -0.388 e. The van der Waals surface area contributed by atoms with E-state index in [1.807, 2.05) is 27.7 Å². The van der Waals surface area contributed by atoms with Gasteiger partial charge in [-0.05, 0) is 27.2 Å². The van der Waals surface area contributed by atoms with E-state index in [1.54, 1.807) is 0 Å². The Morgan fingerprint density at radius 1 is 1.06 bits per heavy atom. The summed E-state index contributed by atoms with van der Waals surface area (Å²) in [6.45, 7) is 7.34. The quantitative estimate of drug-likeness (QED) is 0.627. The van der Waals surface area contributed by atoms with E-state index in [2.05, 4.69) is 0 Å². The third-order valence-electron chi connectivity index (χ3n) is 2.54. The van der Waals surface area contributed by atoms with E-state index >= 15 is 0 Å². The smallest absolute Gasteiger partial charge is 0.187 e. The van der Waals surface area contributed by atoms with Crippen LogP contribution in [0.15, 0.2) is 0 Å². The lowest BCUT2D eigenvalue weighted by atomic mass is 9.97. The molecule has 0 aromatic rings. The van der Waals surface area contributed by atoms with Crippen molar-refractivity contribution in [1.82, 2.24) is 0 Å². The molecule has 0 spiro atoms. The van der Waals surface area contributed by atoms with Crippen LogP contribution in [0.2, 0.25) is 0 Å². The van der Waals surface area contributed by atoms with Gasteiger partial charge >= 0.3 is 0 Å². The van der Waals surface area contributed by atoms with E-state index < -0.39 is 36.3 Å². The van der Waals surface area contributed by atoms with Crippen molar-refractivity contribution in [3.05, 3.63) is 0 Å². The van der Waals surface area contributed by atoms with Crippen molar-refractivity contribution in [2.24, 2.45) is 0 Å². The van der Waals surface area contributed by atoms with Gasteiger partial charge in [-0.25, -0.2) is 0 Å². The first kappa shape index (κ1) is 13.9. The molecule has 1 heterocycles. The molecule has 3 N–H and O–H groups in total. The van der Waals surface area contributed by atoms with Gasteiger partial charge in [0.25, 0.3) is 0 Å². The SMILES string of the molecule is CCC1OC(OC(C)(C)C)C(O)C(O)C1O. The maximum Gasteiger partial charge on any atom is 0.187 e. The molecule has 96 valence electrons. The van der Waals surface area contributed by atoms with E-state index in [9.17, 15) is 15.3 Å². The fourth-order valence-corrected chi connectivity index (χ4v) is 1.70. The van der Waals surface area contributed by atoms with Crippen LogP contribution in [0.1, 0.15) is 34.1 Å². The molecule has 5 atom stereocenters. The minimum absolute atomic E-state index is 0.480. The molecule has 16 heavy (non-hydrogen) atoms. The van der Waals surface area contributed by atoms with E-state index in [0.717, 1.165) is 0 Å². The molecule has 1 aliphatic rings. The van der Waals surface area contributed by atoms with Crippen molar-refractivity contribution in [2.45, 2.75) is 70.4 Å². The summed E-state index contributed by atoms with van der Waals surface area (Å²) in [5, 5.41) is 29.0. The molecule has 0 bridgehead atoms. The Labute approximate surface area is 96.0 Å². The van der Waals surface area contributed by atoms with E-state index in [1.165, 1.54) is 0 Å². The second-order valence-electron chi connectivity index (χ2n) is 5.15. The summed E-state index contributed by atoms with van der Waals surface area (Å²) < 4.78 is 10.9. The van der Waals surface area contributed by atoms with Crippen LogP contribution >= 0.6 is 0 Å². The van der Waals surface area contributed by atoms with Gasteiger partial charge in [0.1, 0.15) is 18.3 Å². The zero-order valence-electron chi connectivity index (χ0n) is 10.3. The Hall–Kier alpha value is -0.200. The molecule has 0 aromatic carbocycles. The van der Waals surface area contributed by atoms with Crippen molar-refractivity contribution in [1.29, 1.82) is 0 Å². The van der Waals surface area contributed by atoms with E-state index in [0.29, 0.717) is 6.42 Å². The second-order valence-corrected chi connectivity index (χ2v) is 5.15. The molecule has 1 saturated heterocycles. The van der Waals surface area contributed by atoms with Gasteiger partial charge < -0.3 is 24.8 Å². The van der Waals surface area contributed by atoms with E-state index in [-0.39, 0.29) is 0 Å². The fourth-order valence-electron chi connectivity index (χ4n) is 1.70. The van der Waals surface area contributed by atoms with Crippen LogP contribution in [0.5, 0.6) is 0 Å². The zero-order valence-corrected chi connectivity index (χ0v) is 10.3. The average molecular weight is 234 g/mol. The van der Waals surface area contributed by atoms with Crippen LogP contribution in [0.3, 0.4) is 0 Å². The maximum absolute atomic E-state index is 9.72. The third-order valence-corrected chi connectivity index (χ3v) is 2.54. The van der Waals surface area contributed by atoms with Gasteiger partial charge in [0.2, 0.25) is 0 Å². The summed E-state index contributed by atoms with van der Waals surface area (Å²) in [6, 6.07) is 0. The third kappa shape index (κ3) is 3.15. The van der Waals surface area contributed by atoms with Crippen molar-refractivity contribution >= 4 is 0 Å². The van der Waals surface area contributed by atoms with Crippen LogP contribution in [-0.2, 0) is 9.47 Å². The highest BCUT2D eigenvalue weighted by molar-refractivity contribution is 4.89. The van der Waals surface area contributed by atoms with Gasteiger partial charge in [-0.3, -0.25) is 0 Å². The summed E-state index contributed by atoms with van der Waals surface area (Å²) in [5.41, 5.74) is -0.480. The maximum atomic E-state index is 9.72. The number of hydrogen-bond donors (Lipinski definition) is 3. The Bertz CT molecular complexity index is 223. The first-order valence-corrected chi connectivity index (χ1v) is 5.63. The monoisotopic (exact) mass is 234 g/mol. The first-order valence-electron chi connectivity index (χ1n) is 5.63. The molecule has 5 unspecified atom stereocenters. The predicted molar refractivity (Wildman–Crippen MR) is 57.8 cm³/mol. The highest BCUT2D eigenvalue weighted by Crippen LogP contribution is 2.26. The van der Waals surface area contributed by atoms with Gasteiger partial charge in [-0.15, -0.1) is 0 Å². The van der Waals surface area contributed by atoms with Crippen LogP contribution in [0.4, 0.5) is 0 Å². The number of rotatable bonds is 2. The standard InChI is InChI=1S/C11H22O5/c1-5-6-7(12)8(13)9(14)10(15-6)16-11(2,3)4/h6-10,12-14H,5H2,1-4H3. The summed E-state index contributed by atoms with van der Waals surface area (Å²) in [5.74, 6) is 0. The first-order chi connectivity index (χ1) is 7.26. The van der Waals surface area contributed by atoms with Crippen molar-refractivity contribution in [2.75, 3.05) is 0 Å². The van der Waals surface area contributed by atoms with E-state index in [4.69, 9.17) is 9.47 Å². The van der Waals surface area contributed by atoms with Crippen LogP contribution in [0, 0.1) is 0 Å². The van der Waals surface area contributed by atoms with Crippen LogP contribution in [-0.4, -0.2) is 51.6 Å². The molecule has 0 amide bonds. The number of aliphatic hydroxyl groups is 3. The minimum atomic E-state index is -1.23. The van der Waals surface area contributed by atoms with Crippen molar-refractivity contribution < 1.29 is 24.8 Å². The lowest BCUT2D eigenvalue weighted by Crippen LogP contribution is -2.59. The molecule has 1 aliphatic heterocycles. The lowest BCUT2D eigenvalue weighted by molar-refractivity contribution is -0.317. The summed E-state index contributed by atoms with van der Waals surface area (Å²) in [7, 11) is 0. The van der Waals surface area contributed by atoms with Gasteiger partial charge in [0.05, 0.1) is 11.7 Å². The molecule has 0 radical (unpaired) electrons. The van der Waals surface area contributed by atoms with Crippen LogP contribution < -0.4 is 0 Å². The Kier molecular flexibility index (Phi) is 4.31. The molecule has 0 aliphatic carbocycles. The zero-order chi connectivity index (χ0) is 12.5. The number of hydrogen-bond acceptors (Lipinski definition) is 5. The molecule has 0 aromatic heterocycles. The molecular formula is C11H22O5. The molecule has 0 saturated carbocycles. The van der Waals surface area contributed by atoms with Gasteiger partial charge in [-0.1, -0.05) is 6.92 Å². The average Bonchev–Trinajstić information content (AvgIpc) is 2.17. The fraction of sp³-hybridized carbons (Fsp3) is 1.00. The molecule has 5 heteroatoms. The predicted octanol–water partition coefficient (Wildman–Crippen LogP) is 0.0191. The summed E-state index contributed by atoms with van der Waals surface area (Å²) in [6.07, 6.45) is -4.38. The highest BCUT2D eigenvalue weighted by atomic mass is 16.7. The topological polar surface area (TPSA) is 79.2 Å². The Balaban J connectivity index is 2.71. The Morgan fingerprint density at radius 3 is 2.06 bits per heavy atom. The second kappa shape index (κ2) is 4.98.